The van der Waals surface area contributed by atoms with Crippen molar-refractivity contribution in [2.24, 2.45) is 0 Å². The average molecular weight is 759 g/mol. The summed E-state index contributed by atoms with van der Waals surface area (Å²) in [6, 6.07) is 9.65. The van der Waals surface area contributed by atoms with Crippen LogP contribution in [0.5, 0.6) is 34.5 Å². The summed E-state index contributed by atoms with van der Waals surface area (Å²) in [7, 11) is 4.05. The number of carbonyl (C=O) groups excluding carboxylic acids is 1. The predicted molar refractivity (Wildman–Crippen MR) is 183 cm³/mol. The van der Waals surface area contributed by atoms with Crippen molar-refractivity contribution >= 4 is 34.0 Å². The van der Waals surface area contributed by atoms with Gasteiger partial charge in [-0.25, -0.2) is 4.79 Å². The lowest BCUT2D eigenvalue weighted by atomic mass is 9.99. The molecule has 0 bridgehead atoms. The highest BCUT2D eigenvalue weighted by Crippen LogP contribution is 2.38. The van der Waals surface area contributed by atoms with Gasteiger partial charge >= 0.3 is 5.97 Å². The van der Waals surface area contributed by atoms with Crippen molar-refractivity contribution in [2.75, 3.05) is 34.5 Å². The SMILES string of the molecule is COc1cc(OC2OC(COC3OCC(O)C(O)C3OC(=O)C=Cc3ccc(O)c(OC)c3)C(O)C(O)C2O)c2c(=O)c3c(O)ccc(OC)c3oc2c1. The average Bonchev–Trinajstić information content (AvgIpc) is 3.16. The molecule has 6 rings (SSSR count). The Kier molecular flexibility index (Phi) is 11.5. The summed E-state index contributed by atoms with van der Waals surface area (Å²) in [5.74, 6) is -1.26. The number of methoxy groups -OCH3 is 3. The molecule has 0 radical (unpaired) electrons. The first-order valence-corrected chi connectivity index (χ1v) is 16.4. The molecule has 1 aromatic heterocycles. The molecular weight excluding hydrogens is 720 g/mol. The zero-order valence-electron chi connectivity index (χ0n) is 28.9. The molecule has 18 heteroatoms. The van der Waals surface area contributed by atoms with Crippen LogP contribution in [-0.2, 0) is 23.7 Å². The van der Waals surface area contributed by atoms with E-state index in [4.69, 9.17) is 42.3 Å². The number of carbonyl (C=O) groups is 1. The van der Waals surface area contributed by atoms with Gasteiger partial charge in [0.25, 0.3) is 0 Å². The molecule has 290 valence electrons. The van der Waals surface area contributed by atoms with Crippen LogP contribution in [-0.4, -0.2) is 132 Å². The van der Waals surface area contributed by atoms with Crippen LogP contribution in [0.25, 0.3) is 28.0 Å². The maximum absolute atomic E-state index is 13.8. The van der Waals surface area contributed by atoms with Gasteiger partial charge in [0.2, 0.25) is 11.7 Å². The lowest BCUT2D eigenvalue weighted by molar-refractivity contribution is -0.308. The van der Waals surface area contributed by atoms with E-state index in [9.17, 15) is 45.3 Å². The summed E-state index contributed by atoms with van der Waals surface area (Å²) in [6.07, 6.45) is -12.6. The first-order chi connectivity index (χ1) is 25.8. The highest BCUT2D eigenvalue weighted by Gasteiger charge is 2.47. The Morgan fingerprint density at radius 1 is 0.815 bits per heavy atom. The minimum absolute atomic E-state index is 0.0510. The number of hydrogen-bond acceptors (Lipinski definition) is 18. The van der Waals surface area contributed by atoms with E-state index in [1.165, 1.54) is 69.9 Å². The van der Waals surface area contributed by atoms with Crippen LogP contribution < -0.4 is 24.4 Å². The fourth-order valence-corrected chi connectivity index (χ4v) is 5.99. The van der Waals surface area contributed by atoms with E-state index >= 15 is 0 Å². The molecule has 2 fully saturated rings. The van der Waals surface area contributed by atoms with Crippen molar-refractivity contribution in [3.8, 4) is 34.5 Å². The van der Waals surface area contributed by atoms with E-state index in [2.05, 4.69) is 0 Å². The molecule has 2 aliphatic heterocycles. The predicted octanol–water partition coefficient (Wildman–Crippen LogP) is 0.290. The number of phenols is 2. The zero-order chi connectivity index (χ0) is 38.8. The Balaban J connectivity index is 1.21. The fourth-order valence-electron chi connectivity index (χ4n) is 5.99. The van der Waals surface area contributed by atoms with Gasteiger partial charge in [0, 0.05) is 18.2 Å². The molecule has 0 amide bonds. The molecule has 18 nitrogen and oxygen atoms in total. The molecule has 3 heterocycles. The molecule has 2 saturated heterocycles. The van der Waals surface area contributed by atoms with Crippen molar-refractivity contribution in [3.63, 3.8) is 0 Å². The number of fused-ring (bicyclic) bond motifs is 2. The van der Waals surface area contributed by atoms with Gasteiger partial charge in [-0.05, 0) is 35.9 Å². The van der Waals surface area contributed by atoms with E-state index in [0.717, 1.165) is 6.08 Å². The smallest absolute Gasteiger partial charge is 0.331 e. The second-order valence-electron chi connectivity index (χ2n) is 12.3. The zero-order valence-corrected chi connectivity index (χ0v) is 28.9. The van der Waals surface area contributed by atoms with Gasteiger partial charge in [0.15, 0.2) is 35.2 Å². The van der Waals surface area contributed by atoms with Crippen LogP contribution in [0, 0.1) is 0 Å². The second kappa shape index (κ2) is 16.0. The highest BCUT2D eigenvalue weighted by molar-refractivity contribution is 5.98. The summed E-state index contributed by atoms with van der Waals surface area (Å²) in [5.41, 5.74) is -0.380. The quantitative estimate of drug-likeness (QED) is 0.0616. The number of aromatic hydroxyl groups is 2. The molecule has 0 spiro atoms. The highest BCUT2D eigenvalue weighted by atomic mass is 16.7. The van der Waals surface area contributed by atoms with Gasteiger partial charge < -0.3 is 78.1 Å². The van der Waals surface area contributed by atoms with Gasteiger partial charge in [-0.2, -0.15) is 0 Å². The first-order valence-electron chi connectivity index (χ1n) is 16.4. The van der Waals surface area contributed by atoms with E-state index in [0.29, 0.717) is 5.56 Å². The number of hydrogen-bond donors (Lipinski definition) is 7. The van der Waals surface area contributed by atoms with Crippen LogP contribution >= 0.6 is 0 Å². The van der Waals surface area contributed by atoms with Crippen molar-refractivity contribution in [1.29, 1.82) is 0 Å². The van der Waals surface area contributed by atoms with Crippen LogP contribution in [0.3, 0.4) is 0 Å². The van der Waals surface area contributed by atoms with Crippen LogP contribution in [0.4, 0.5) is 0 Å². The molecule has 54 heavy (non-hydrogen) atoms. The minimum atomic E-state index is -1.88. The number of aliphatic hydroxyl groups excluding tert-OH is 5. The van der Waals surface area contributed by atoms with E-state index < -0.39 is 85.7 Å². The summed E-state index contributed by atoms with van der Waals surface area (Å²) in [5, 5.41) is 73.3. The van der Waals surface area contributed by atoms with E-state index in [1.54, 1.807) is 0 Å². The largest absolute Gasteiger partial charge is 0.507 e. The molecule has 9 unspecified atom stereocenters. The number of phenolic OH excluding ortho intramolecular Hbond substituents is 2. The molecular formula is C36H38O18. The van der Waals surface area contributed by atoms with E-state index in [-0.39, 0.29) is 50.7 Å². The van der Waals surface area contributed by atoms with Gasteiger partial charge in [-0.15, -0.1) is 0 Å². The molecule has 0 aliphatic carbocycles. The Morgan fingerprint density at radius 3 is 2.28 bits per heavy atom. The third-order valence-corrected chi connectivity index (χ3v) is 8.90. The molecule has 2 aliphatic rings. The molecule has 7 N–H and O–H groups in total. The van der Waals surface area contributed by atoms with Gasteiger partial charge in [-0.3, -0.25) is 4.79 Å². The second-order valence-corrected chi connectivity index (χ2v) is 12.3. The summed E-state index contributed by atoms with van der Waals surface area (Å²) in [6.45, 7) is -1.03. The lowest BCUT2D eigenvalue weighted by Gasteiger charge is -2.41. The normalized spacial score (nSPS) is 27.2. The Bertz CT molecular complexity index is 2080. The summed E-state index contributed by atoms with van der Waals surface area (Å²) >= 11 is 0. The summed E-state index contributed by atoms with van der Waals surface area (Å²) in [4.78, 5) is 26.5. The molecule has 0 saturated carbocycles. The fraction of sp³-hybridized carbons (Fsp3) is 0.389. The monoisotopic (exact) mass is 758 g/mol. The molecule has 9 atom stereocenters. The van der Waals surface area contributed by atoms with Crippen molar-refractivity contribution in [2.45, 2.75) is 55.3 Å². The Morgan fingerprint density at radius 2 is 1.56 bits per heavy atom. The first kappa shape index (κ1) is 38.5. The van der Waals surface area contributed by atoms with Crippen LogP contribution in [0.2, 0.25) is 0 Å². The number of aliphatic hydroxyl groups is 5. The number of rotatable bonds is 11. The third-order valence-electron chi connectivity index (χ3n) is 8.90. The number of esters is 1. The van der Waals surface area contributed by atoms with Gasteiger partial charge in [0.05, 0.1) is 34.5 Å². The van der Waals surface area contributed by atoms with Crippen molar-refractivity contribution in [1.82, 2.24) is 0 Å². The maximum Gasteiger partial charge on any atom is 0.331 e. The maximum atomic E-state index is 13.8. The van der Waals surface area contributed by atoms with Gasteiger partial charge in [-0.1, -0.05) is 6.07 Å². The third kappa shape index (κ3) is 7.59. The molecule has 4 aromatic rings. The van der Waals surface area contributed by atoms with Gasteiger partial charge in [0.1, 0.15) is 70.2 Å². The standard InChI is InChI=1S/C36H38O18/c1-46-16-11-22-27(30(43)26-18(38)7-8-20(47-2)33(26)51-22)23(12-16)52-35-32(45)31(44)29(42)24(53-35)14-50-36-34(28(41)19(39)13-49-36)54-25(40)9-5-15-4-6-17(37)21(10-15)48-3/h4-12,19,24,28-29,31-32,34-39,41-42,44-45H,13-14H2,1-3H3. The molecule has 3 aromatic carbocycles. The minimum Gasteiger partial charge on any atom is -0.507 e. The van der Waals surface area contributed by atoms with Crippen LogP contribution in [0.1, 0.15) is 5.56 Å². The lowest BCUT2D eigenvalue weighted by Crippen LogP contribution is -2.61. The van der Waals surface area contributed by atoms with Crippen molar-refractivity contribution < 1.29 is 82.9 Å². The Labute approximate surface area is 305 Å². The van der Waals surface area contributed by atoms with E-state index in [1.807, 2.05) is 0 Å². The number of benzene rings is 3. The number of ether oxygens (including phenoxy) is 8. The topological polar surface area (TPSA) is 263 Å². The van der Waals surface area contributed by atoms with Crippen LogP contribution in [0.15, 0.2) is 57.8 Å². The van der Waals surface area contributed by atoms with Crippen molar-refractivity contribution in [3.05, 3.63) is 64.3 Å². The summed E-state index contributed by atoms with van der Waals surface area (Å²) < 4.78 is 49.9. The Hall–Kier alpha value is -5.18.